The van der Waals surface area contributed by atoms with Crippen molar-refractivity contribution in [1.29, 1.82) is 0 Å². The molecule has 4 heteroatoms. The van der Waals surface area contributed by atoms with Crippen LogP contribution in [0.1, 0.15) is 69.2 Å². The Morgan fingerprint density at radius 1 is 0.667 bits per heavy atom. The topological polar surface area (TPSA) is 57.5 Å². The Labute approximate surface area is 127 Å². The van der Waals surface area contributed by atoms with Crippen LogP contribution in [0.3, 0.4) is 0 Å². The van der Waals surface area contributed by atoms with Crippen molar-refractivity contribution in [2.75, 3.05) is 0 Å². The van der Waals surface area contributed by atoms with Crippen LogP contribution >= 0.6 is 0 Å². The Morgan fingerprint density at radius 2 is 0.667 bits per heavy atom. The summed E-state index contributed by atoms with van der Waals surface area (Å²) in [6, 6.07) is 0. The number of hydrogen-bond acceptors (Lipinski definition) is 3. The van der Waals surface area contributed by atoms with Crippen LogP contribution in [0.5, 0.6) is 0 Å². The summed E-state index contributed by atoms with van der Waals surface area (Å²) in [7, 11) is 0. The molecule has 0 amide bonds. The van der Waals surface area contributed by atoms with Crippen LogP contribution in [0.4, 0.5) is 0 Å². The minimum atomic E-state index is -0.500. The van der Waals surface area contributed by atoms with Crippen LogP contribution in [-0.4, -0.2) is 21.4 Å². The summed E-state index contributed by atoms with van der Waals surface area (Å²) in [5, 5.41) is 17.0. The zero-order valence-electron chi connectivity index (χ0n) is 14.0. The van der Waals surface area contributed by atoms with Crippen LogP contribution in [0, 0.1) is 12.8 Å². The van der Waals surface area contributed by atoms with Crippen molar-refractivity contribution >= 4 is 0 Å². The van der Waals surface area contributed by atoms with Gasteiger partial charge in [0.15, 0.2) is 0 Å². The second-order valence-corrected chi connectivity index (χ2v) is 5.50. The van der Waals surface area contributed by atoms with E-state index >= 15 is 0 Å². The van der Waals surface area contributed by atoms with Crippen molar-refractivity contribution < 1.29 is 33.9 Å². The molecule has 0 heterocycles. The third kappa shape index (κ3) is 20800. The number of rotatable bonds is 0. The van der Waals surface area contributed by atoms with Gasteiger partial charge in [0, 0.05) is 0 Å². The molecule has 18 heavy (non-hydrogen) atoms. The second kappa shape index (κ2) is 22.6. The maximum atomic E-state index is 8.52. The van der Waals surface area contributed by atoms with Crippen molar-refractivity contribution in [3.05, 3.63) is 12.8 Å². The Morgan fingerprint density at radius 3 is 0.667 bits per heavy atom. The van der Waals surface area contributed by atoms with E-state index in [-0.39, 0.29) is 0 Å². The second-order valence-electron chi connectivity index (χ2n) is 5.50. The van der Waals surface area contributed by atoms with E-state index in [1.165, 1.54) is 0 Å². The van der Waals surface area contributed by atoms with Gasteiger partial charge in [0.25, 0.3) is 0 Å². The Hall–Kier alpha value is 0.434. The first-order valence-corrected chi connectivity index (χ1v) is 6.60. The summed E-state index contributed by atoms with van der Waals surface area (Å²) in [6.07, 6.45) is 4.00. The molecule has 0 saturated heterocycles. The van der Waals surface area contributed by atoms with Gasteiger partial charge in [-0.25, -0.2) is 0 Å². The van der Waals surface area contributed by atoms with E-state index in [2.05, 4.69) is 0 Å². The van der Waals surface area contributed by atoms with Gasteiger partial charge in [0.05, 0.1) is 11.2 Å². The van der Waals surface area contributed by atoms with Crippen LogP contribution in [-0.2, 0) is 23.7 Å². The van der Waals surface area contributed by atoms with Gasteiger partial charge in [-0.2, -0.15) is 27.7 Å². The third-order valence-electron chi connectivity index (χ3n) is 0. The van der Waals surface area contributed by atoms with Gasteiger partial charge < -0.3 is 23.1 Å². The molecule has 0 atom stereocenters. The van der Waals surface area contributed by atoms with Crippen molar-refractivity contribution in [2.24, 2.45) is 0 Å². The molecular weight excluding hydrogens is 264 g/mol. The average molecular weight is 298 g/mol. The summed E-state index contributed by atoms with van der Waals surface area (Å²) in [6.45, 7) is 18.5. The van der Waals surface area contributed by atoms with Gasteiger partial charge in [-0.05, 0) is 41.5 Å². The van der Waals surface area contributed by atoms with Crippen molar-refractivity contribution in [3.8, 4) is 0 Å². The van der Waals surface area contributed by atoms with Gasteiger partial charge in [-0.15, -0.1) is 0 Å². The first-order valence-electron chi connectivity index (χ1n) is 5.96. The molecular formula is C14H34O3Ti. The molecule has 2 N–H and O–H groups in total. The van der Waals surface area contributed by atoms with Crippen molar-refractivity contribution in [3.63, 3.8) is 0 Å². The van der Waals surface area contributed by atoms with Gasteiger partial charge in [0.2, 0.25) is 0 Å². The van der Waals surface area contributed by atoms with Crippen molar-refractivity contribution in [1.82, 2.24) is 0 Å². The van der Waals surface area contributed by atoms with E-state index in [9.17, 15) is 0 Å². The molecule has 3 nitrogen and oxygen atoms in total. The van der Waals surface area contributed by atoms with Crippen LogP contribution in [0.15, 0.2) is 0 Å². The van der Waals surface area contributed by atoms with Gasteiger partial charge in [-0.3, -0.25) is 0 Å². The standard InChI is InChI=1S/2C4H10O.2C3H7.O.Ti/c2*1-4(2,3)5;2*1-3-2;;/h2*5H,1-3H3;2*3H,1-2H3;;/q;;2*-1;;+2. The van der Waals surface area contributed by atoms with E-state index in [4.69, 9.17) is 13.5 Å². The fraction of sp³-hybridized carbons (Fsp3) is 0.857. The molecule has 0 aliphatic heterocycles. The summed E-state index contributed by atoms with van der Waals surface area (Å²) in [5.41, 5.74) is -1.00. The predicted octanol–water partition coefficient (Wildman–Crippen LogP) is 3.89. The summed E-state index contributed by atoms with van der Waals surface area (Å²) in [5.74, 6) is 0. The molecule has 0 rings (SSSR count). The van der Waals surface area contributed by atoms with E-state index in [1.807, 2.05) is 40.5 Å². The molecule has 0 fully saturated rings. The Kier molecular flexibility index (Phi) is 39.0. The average Bonchev–Trinajstić information content (AvgIpc) is 2.03. The van der Waals surface area contributed by atoms with Crippen LogP contribution in [0.2, 0.25) is 0 Å². The predicted molar refractivity (Wildman–Crippen MR) is 75.9 cm³/mol. The number of aliphatic hydroxyl groups is 2. The fourth-order valence-electron chi connectivity index (χ4n) is 0. The molecule has 112 valence electrons. The van der Waals surface area contributed by atoms with Gasteiger partial charge in [-0.1, -0.05) is 0 Å². The van der Waals surface area contributed by atoms with E-state index < -0.39 is 11.2 Å². The normalized spacial score (nSPS) is 9.00. The first kappa shape index (κ1) is 31.0. The molecule has 0 saturated carbocycles. The molecule has 0 unspecified atom stereocenters. The monoisotopic (exact) mass is 298 g/mol. The van der Waals surface area contributed by atoms with Crippen LogP contribution in [0.25, 0.3) is 0 Å². The quantitative estimate of drug-likeness (QED) is 0.527. The van der Waals surface area contributed by atoms with E-state index in [0.29, 0.717) is 0 Å². The molecule has 0 aromatic carbocycles. The minimum absolute atomic E-state index is 0.500. The molecule has 0 aromatic rings. The molecule has 0 bridgehead atoms. The molecule has 0 spiro atoms. The summed E-state index contributed by atoms with van der Waals surface area (Å²) in [4.78, 5) is 0. The van der Waals surface area contributed by atoms with E-state index in [1.54, 1.807) is 41.5 Å². The zero-order chi connectivity index (χ0) is 16.4. The fourth-order valence-corrected chi connectivity index (χ4v) is 0. The van der Waals surface area contributed by atoms with E-state index in [0.717, 1.165) is 20.4 Å². The molecule has 0 aliphatic rings. The summed E-state index contributed by atoms with van der Waals surface area (Å²) < 4.78 is 8.25. The summed E-state index contributed by atoms with van der Waals surface area (Å²) >= 11 is 0.750. The third-order valence-corrected chi connectivity index (χ3v) is 0. The first-order chi connectivity index (χ1) is 7.83. The Bertz CT molecular complexity index is 89.2. The molecule has 0 aliphatic carbocycles. The van der Waals surface area contributed by atoms with Gasteiger partial charge in [0.1, 0.15) is 0 Å². The van der Waals surface area contributed by atoms with Crippen LogP contribution < -0.4 is 0 Å². The molecule has 0 radical (unpaired) electrons. The number of hydrogen-bond donors (Lipinski definition) is 2. The van der Waals surface area contributed by atoms with Crippen molar-refractivity contribution in [2.45, 2.75) is 80.4 Å². The van der Waals surface area contributed by atoms with Gasteiger partial charge >= 0.3 is 23.7 Å². The molecule has 0 aromatic heterocycles. The SMILES string of the molecule is CC(C)(C)O.CC(C)(C)O.C[CH-]C.C[CH-]C.[O]=[Ti+2]. The zero-order valence-corrected chi connectivity index (χ0v) is 15.5. The Balaban J connectivity index is -0.0000000409. The maximum absolute atomic E-state index is 8.52.